The van der Waals surface area contributed by atoms with E-state index < -0.39 is 5.41 Å². The lowest BCUT2D eigenvalue weighted by Crippen LogP contribution is -2.28. The van der Waals surface area contributed by atoms with Gasteiger partial charge in [0.1, 0.15) is 0 Å². The summed E-state index contributed by atoms with van der Waals surface area (Å²) in [6.45, 7) is 0. The molecule has 0 amide bonds. The van der Waals surface area contributed by atoms with Gasteiger partial charge in [-0.2, -0.15) is 0 Å². The first-order valence-corrected chi connectivity index (χ1v) is 19.4. The van der Waals surface area contributed by atoms with Crippen LogP contribution < -0.4 is 0 Å². The maximum absolute atomic E-state index is 5.33. The van der Waals surface area contributed by atoms with E-state index >= 15 is 0 Å². The van der Waals surface area contributed by atoms with Crippen LogP contribution in [-0.4, -0.2) is 15.0 Å². The molecule has 10 aromatic rings. The minimum absolute atomic E-state index is 0.583. The maximum Gasteiger partial charge on any atom is 0.164 e. The highest BCUT2D eigenvalue weighted by Crippen LogP contribution is 2.59. The lowest BCUT2D eigenvalue weighted by atomic mass is 9.66. The Kier molecular flexibility index (Phi) is 7.71. The molecule has 0 atom stereocenters. The predicted octanol–water partition coefficient (Wildman–Crippen LogP) is 13.2. The topological polar surface area (TPSA) is 38.7 Å². The van der Waals surface area contributed by atoms with Crippen LogP contribution in [0.3, 0.4) is 0 Å². The summed E-state index contributed by atoms with van der Waals surface area (Å²) in [6.07, 6.45) is 0. The fourth-order valence-electron chi connectivity index (χ4n) is 9.02. The maximum atomic E-state index is 5.33. The Morgan fingerprint density at radius 3 is 1.54 bits per heavy atom. The Morgan fingerprint density at radius 2 is 0.842 bits per heavy atom. The second-order valence-electron chi connectivity index (χ2n) is 14.7. The largest absolute Gasteiger partial charge is 0.208 e. The van der Waals surface area contributed by atoms with Crippen LogP contribution in [-0.2, 0) is 5.41 Å². The van der Waals surface area contributed by atoms with Crippen LogP contribution in [0.5, 0.6) is 0 Å². The monoisotopic (exact) mass is 725 g/mol. The first-order valence-electron chi connectivity index (χ1n) is 19.4. The number of benzene rings is 9. The van der Waals surface area contributed by atoms with Gasteiger partial charge in [0.05, 0.1) is 5.41 Å². The van der Waals surface area contributed by atoms with Crippen molar-refractivity contribution < 1.29 is 0 Å². The molecule has 57 heavy (non-hydrogen) atoms. The Morgan fingerprint density at radius 1 is 0.316 bits per heavy atom. The van der Waals surface area contributed by atoms with E-state index in [1.807, 2.05) is 18.2 Å². The molecule has 1 heterocycles. The molecule has 0 saturated heterocycles. The van der Waals surface area contributed by atoms with Crippen LogP contribution in [0.1, 0.15) is 22.3 Å². The molecule has 3 heteroatoms. The molecular weight excluding hydrogens is 691 g/mol. The van der Waals surface area contributed by atoms with Gasteiger partial charge in [0.25, 0.3) is 0 Å². The molecular formula is C54H35N3. The van der Waals surface area contributed by atoms with Crippen molar-refractivity contribution in [1.82, 2.24) is 15.0 Å². The highest BCUT2D eigenvalue weighted by molar-refractivity contribution is 6.03. The van der Waals surface area contributed by atoms with Crippen molar-refractivity contribution in [3.8, 4) is 56.4 Å². The summed E-state index contributed by atoms with van der Waals surface area (Å²) >= 11 is 0. The Labute approximate surface area is 331 Å². The summed E-state index contributed by atoms with van der Waals surface area (Å²) in [6, 6.07) is 75.8. The summed E-state index contributed by atoms with van der Waals surface area (Å²) in [4.78, 5) is 15.7. The van der Waals surface area contributed by atoms with Crippen molar-refractivity contribution >= 4 is 21.5 Å². The SMILES string of the molecule is c1ccc(-c2nc(-c3ccc(-c4ccc5ccccc5c4)cc3)nc(-c3cccc4c3-c3ccc5ccccc5c3C4(c3ccccc3)c3ccccc3)n2)cc1. The Balaban J connectivity index is 1.15. The van der Waals surface area contributed by atoms with Crippen molar-refractivity contribution in [2.75, 3.05) is 0 Å². The third-order valence-electron chi connectivity index (χ3n) is 11.6. The van der Waals surface area contributed by atoms with Gasteiger partial charge in [-0.15, -0.1) is 0 Å². The summed E-state index contributed by atoms with van der Waals surface area (Å²) in [5.74, 6) is 1.92. The van der Waals surface area contributed by atoms with Gasteiger partial charge < -0.3 is 0 Å². The summed E-state index contributed by atoms with van der Waals surface area (Å²) in [5.41, 5.74) is 11.9. The molecule has 9 aromatic carbocycles. The molecule has 11 rings (SSSR count). The summed E-state index contributed by atoms with van der Waals surface area (Å²) < 4.78 is 0. The smallest absolute Gasteiger partial charge is 0.164 e. The van der Waals surface area contributed by atoms with E-state index in [1.54, 1.807) is 0 Å². The zero-order valence-corrected chi connectivity index (χ0v) is 31.0. The van der Waals surface area contributed by atoms with E-state index in [1.165, 1.54) is 54.9 Å². The van der Waals surface area contributed by atoms with Gasteiger partial charge in [0, 0.05) is 16.7 Å². The molecule has 3 nitrogen and oxygen atoms in total. The van der Waals surface area contributed by atoms with Crippen LogP contribution in [0.15, 0.2) is 212 Å². The van der Waals surface area contributed by atoms with E-state index in [4.69, 9.17) is 15.0 Å². The fourth-order valence-corrected chi connectivity index (χ4v) is 9.02. The van der Waals surface area contributed by atoms with E-state index in [2.05, 4.69) is 194 Å². The third-order valence-corrected chi connectivity index (χ3v) is 11.6. The first-order chi connectivity index (χ1) is 28.3. The van der Waals surface area contributed by atoms with Crippen molar-refractivity contribution in [2.24, 2.45) is 0 Å². The number of rotatable bonds is 6. The predicted molar refractivity (Wildman–Crippen MR) is 234 cm³/mol. The van der Waals surface area contributed by atoms with Crippen LogP contribution in [0.4, 0.5) is 0 Å². The van der Waals surface area contributed by atoms with Crippen molar-refractivity contribution in [1.29, 1.82) is 0 Å². The summed E-state index contributed by atoms with van der Waals surface area (Å²) in [7, 11) is 0. The van der Waals surface area contributed by atoms with E-state index in [0.717, 1.165) is 27.8 Å². The lowest BCUT2D eigenvalue weighted by molar-refractivity contribution is 0.775. The van der Waals surface area contributed by atoms with Gasteiger partial charge in [-0.1, -0.05) is 206 Å². The minimum Gasteiger partial charge on any atom is -0.208 e. The molecule has 1 aliphatic carbocycles. The van der Waals surface area contributed by atoms with Gasteiger partial charge in [-0.25, -0.2) is 15.0 Å². The van der Waals surface area contributed by atoms with Crippen molar-refractivity contribution in [2.45, 2.75) is 5.41 Å². The average Bonchev–Trinajstić information content (AvgIpc) is 3.61. The molecule has 266 valence electrons. The molecule has 0 radical (unpaired) electrons. The van der Waals surface area contributed by atoms with Crippen LogP contribution >= 0.6 is 0 Å². The van der Waals surface area contributed by atoms with Gasteiger partial charge in [0.2, 0.25) is 0 Å². The second kappa shape index (κ2) is 13.4. The van der Waals surface area contributed by atoms with Crippen molar-refractivity contribution in [3.63, 3.8) is 0 Å². The quantitative estimate of drug-likeness (QED) is 0.171. The van der Waals surface area contributed by atoms with Gasteiger partial charge >= 0.3 is 0 Å². The molecule has 0 aliphatic heterocycles. The van der Waals surface area contributed by atoms with E-state index in [-0.39, 0.29) is 0 Å². The number of nitrogens with zero attached hydrogens (tertiary/aromatic N) is 3. The number of aromatic nitrogens is 3. The minimum atomic E-state index is -0.583. The zero-order chi connectivity index (χ0) is 37.8. The van der Waals surface area contributed by atoms with Gasteiger partial charge in [0.15, 0.2) is 17.5 Å². The van der Waals surface area contributed by atoms with Crippen LogP contribution in [0.25, 0.3) is 78.0 Å². The molecule has 0 fully saturated rings. The molecule has 0 bridgehead atoms. The third kappa shape index (κ3) is 5.32. The van der Waals surface area contributed by atoms with Crippen LogP contribution in [0, 0.1) is 0 Å². The number of fused-ring (bicyclic) bond motifs is 6. The molecule has 1 aromatic heterocycles. The Bertz CT molecular complexity index is 3060. The van der Waals surface area contributed by atoms with Crippen molar-refractivity contribution in [3.05, 3.63) is 235 Å². The van der Waals surface area contributed by atoms with Crippen LogP contribution in [0.2, 0.25) is 0 Å². The lowest BCUT2D eigenvalue weighted by Gasteiger charge is -2.34. The number of hydrogen-bond donors (Lipinski definition) is 0. The Hall–Kier alpha value is -7.49. The van der Waals surface area contributed by atoms with E-state index in [0.29, 0.717) is 17.5 Å². The zero-order valence-electron chi connectivity index (χ0n) is 31.0. The number of hydrogen-bond acceptors (Lipinski definition) is 3. The second-order valence-corrected chi connectivity index (χ2v) is 14.7. The molecule has 0 N–H and O–H groups in total. The van der Waals surface area contributed by atoms with Gasteiger partial charge in [-0.3, -0.25) is 0 Å². The highest BCUT2D eigenvalue weighted by Gasteiger charge is 2.48. The molecule has 0 saturated carbocycles. The molecule has 1 aliphatic rings. The van der Waals surface area contributed by atoms with Gasteiger partial charge in [-0.05, 0) is 72.1 Å². The fraction of sp³-hybridized carbons (Fsp3) is 0.0185. The highest BCUT2D eigenvalue weighted by atomic mass is 15.0. The van der Waals surface area contributed by atoms with E-state index in [9.17, 15) is 0 Å². The summed E-state index contributed by atoms with van der Waals surface area (Å²) in [5, 5.41) is 4.90. The normalized spacial score (nSPS) is 12.7. The standard InChI is InChI=1S/C54H35N3/c1-4-17-39(18-5-1)51-55-52(40-30-27-37(28-31-40)42-32-29-36-15-10-11-19-41(36)35-42)57-53(56-51)47-25-14-26-48-49(47)46-34-33-38-16-12-13-24-45(38)50(46)54(48,43-20-6-2-7-21-43)44-22-8-3-9-23-44/h1-35H. The molecule has 0 unspecified atom stereocenters. The first kappa shape index (κ1) is 32.9. The molecule has 0 spiro atoms. The average molecular weight is 726 g/mol.